The lowest BCUT2D eigenvalue weighted by atomic mass is 9.87. The van der Waals surface area contributed by atoms with Crippen LogP contribution in [-0.2, 0) is 11.2 Å². The van der Waals surface area contributed by atoms with Gasteiger partial charge < -0.3 is 15.7 Å². The zero-order valence-corrected chi connectivity index (χ0v) is 14.3. The van der Waals surface area contributed by atoms with Crippen LogP contribution in [0.15, 0.2) is 30.3 Å². The summed E-state index contributed by atoms with van der Waals surface area (Å²) in [6, 6.07) is 9.52. The zero-order valence-electron chi connectivity index (χ0n) is 13.6. The Morgan fingerprint density at radius 1 is 1.29 bits per heavy atom. The van der Waals surface area contributed by atoms with Gasteiger partial charge in [0.1, 0.15) is 6.04 Å². The first kappa shape index (κ1) is 17.6. The summed E-state index contributed by atoms with van der Waals surface area (Å²) < 4.78 is 0. The summed E-state index contributed by atoms with van der Waals surface area (Å²) in [5.74, 6) is 0.199. The number of likely N-dealkylation sites (tertiary alicyclic amines) is 1. The number of amides is 1. The van der Waals surface area contributed by atoms with Crippen LogP contribution < -0.4 is 16.6 Å². The lowest BCUT2D eigenvalue weighted by Crippen LogP contribution is -2.51. The van der Waals surface area contributed by atoms with E-state index in [-0.39, 0.29) is 17.9 Å². The van der Waals surface area contributed by atoms with Gasteiger partial charge in [0.15, 0.2) is 0 Å². The number of nitrogens with one attached hydrogen (secondary N) is 2. The van der Waals surface area contributed by atoms with E-state index in [1.54, 1.807) is 0 Å². The molecule has 0 saturated carbocycles. The third kappa shape index (κ3) is 3.90. The van der Waals surface area contributed by atoms with Crippen LogP contribution in [0, 0.1) is 5.92 Å². The molecule has 0 radical (unpaired) electrons. The first-order valence-electron chi connectivity index (χ1n) is 8.47. The van der Waals surface area contributed by atoms with Crippen LogP contribution in [0.1, 0.15) is 18.4 Å². The molecule has 2 saturated heterocycles. The van der Waals surface area contributed by atoms with Crippen LogP contribution >= 0.6 is 11.6 Å². The molecule has 2 aliphatic heterocycles. The molecule has 0 aliphatic carbocycles. The second-order valence-corrected chi connectivity index (χ2v) is 7.16. The monoisotopic (exact) mass is 352 g/mol. The second kappa shape index (κ2) is 7.80. The molecule has 4 unspecified atom stereocenters. The van der Waals surface area contributed by atoms with Crippen molar-refractivity contribution in [2.45, 2.75) is 43.0 Å². The van der Waals surface area contributed by atoms with Gasteiger partial charge in [0, 0.05) is 13.1 Å². The first-order valence-corrected chi connectivity index (χ1v) is 8.91. The van der Waals surface area contributed by atoms with E-state index in [4.69, 9.17) is 17.3 Å². The van der Waals surface area contributed by atoms with Crippen molar-refractivity contribution < 1.29 is 9.90 Å². The highest BCUT2D eigenvalue weighted by atomic mass is 35.5. The normalized spacial score (nSPS) is 29.6. The van der Waals surface area contributed by atoms with E-state index >= 15 is 0 Å². The molecule has 6 nitrogen and oxygen atoms in total. The number of halogens is 1. The highest BCUT2D eigenvalue weighted by Crippen LogP contribution is 2.24. The fraction of sp³-hybridized carbons (Fsp3) is 0.588. The number of benzene rings is 1. The zero-order chi connectivity index (χ0) is 17.1. The molecule has 24 heavy (non-hydrogen) atoms. The van der Waals surface area contributed by atoms with Crippen molar-refractivity contribution in [2.75, 3.05) is 13.1 Å². The van der Waals surface area contributed by atoms with E-state index in [0.717, 1.165) is 18.4 Å². The largest absolute Gasteiger partial charge is 0.392 e. The van der Waals surface area contributed by atoms with E-state index in [1.165, 1.54) is 0 Å². The maximum absolute atomic E-state index is 12.5. The third-order valence-electron chi connectivity index (χ3n) is 5.02. The standard InChI is InChI=1S/C17H25ClN4O2/c18-14-15(20-21-16(14)19)17(24)22-8-6-12(7-9-22)13(23)10-11-4-2-1-3-5-11/h1-5,12-16,20-21,23H,6-10,19H2. The summed E-state index contributed by atoms with van der Waals surface area (Å²) in [4.78, 5) is 14.4. The van der Waals surface area contributed by atoms with E-state index in [0.29, 0.717) is 19.5 Å². The molecule has 7 heteroatoms. The molecule has 0 spiro atoms. The van der Waals surface area contributed by atoms with Crippen molar-refractivity contribution in [1.82, 2.24) is 15.8 Å². The predicted octanol–water partition coefficient (Wildman–Crippen LogP) is 0.197. The van der Waals surface area contributed by atoms with E-state index < -0.39 is 17.6 Å². The topological polar surface area (TPSA) is 90.6 Å². The van der Waals surface area contributed by atoms with Gasteiger partial charge in [-0.05, 0) is 30.7 Å². The molecule has 2 fully saturated rings. The Morgan fingerprint density at radius 3 is 2.54 bits per heavy atom. The molecule has 1 amide bonds. The highest BCUT2D eigenvalue weighted by molar-refractivity contribution is 6.23. The summed E-state index contributed by atoms with van der Waals surface area (Å²) in [6.45, 7) is 1.29. The van der Waals surface area contributed by atoms with Crippen LogP contribution in [-0.4, -0.2) is 52.7 Å². The summed E-state index contributed by atoms with van der Waals surface area (Å²) in [5.41, 5.74) is 12.6. The van der Waals surface area contributed by atoms with Crippen LogP contribution in [0.5, 0.6) is 0 Å². The molecule has 1 aromatic carbocycles. The number of hydrogen-bond acceptors (Lipinski definition) is 5. The van der Waals surface area contributed by atoms with Gasteiger partial charge in [-0.15, -0.1) is 11.6 Å². The Bertz CT molecular complexity index is 551. The number of hydrogen-bond donors (Lipinski definition) is 4. The molecule has 132 valence electrons. The van der Waals surface area contributed by atoms with Gasteiger partial charge in [0.25, 0.3) is 0 Å². The van der Waals surface area contributed by atoms with Gasteiger partial charge in [-0.2, -0.15) is 0 Å². The predicted molar refractivity (Wildman–Crippen MR) is 93.1 cm³/mol. The van der Waals surface area contributed by atoms with Gasteiger partial charge in [0.2, 0.25) is 5.91 Å². The van der Waals surface area contributed by atoms with Crippen molar-refractivity contribution >= 4 is 17.5 Å². The first-order chi connectivity index (χ1) is 11.6. The van der Waals surface area contributed by atoms with Gasteiger partial charge in [-0.3, -0.25) is 4.79 Å². The highest BCUT2D eigenvalue weighted by Gasteiger charge is 2.40. The van der Waals surface area contributed by atoms with Crippen LogP contribution in [0.25, 0.3) is 0 Å². The smallest absolute Gasteiger partial charge is 0.242 e. The van der Waals surface area contributed by atoms with Crippen molar-refractivity contribution in [3.05, 3.63) is 35.9 Å². The molecule has 5 N–H and O–H groups in total. The Kier molecular flexibility index (Phi) is 5.73. The van der Waals surface area contributed by atoms with Crippen molar-refractivity contribution in [1.29, 1.82) is 0 Å². The molecule has 0 aromatic heterocycles. The van der Waals surface area contributed by atoms with Crippen LogP contribution in [0.2, 0.25) is 0 Å². The molecule has 0 bridgehead atoms. The fourth-order valence-corrected chi connectivity index (χ4v) is 3.71. The maximum atomic E-state index is 12.5. The van der Waals surface area contributed by atoms with Gasteiger partial charge in [0.05, 0.1) is 17.6 Å². The Morgan fingerprint density at radius 2 is 1.96 bits per heavy atom. The van der Waals surface area contributed by atoms with Crippen LogP contribution in [0.3, 0.4) is 0 Å². The van der Waals surface area contributed by atoms with E-state index in [9.17, 15) is 9.90 Å². The molecule has 3 rings (SSSR count). The summed E-state index contributed by atoms with van der Waals surface area (Å²) in [6.07, 6.45) is 1.47. The maximum Gasteiger partial charge on any atom is 0.242 e. The molecule has 4 atom stereocenters. The molecule has 2 aliphatic rings. The average molecular weight is 353 g/mol. The Labute approximate surface area is 147 Å². The SMILES string of the molecule is NC1NNC(C(=O)N2CCC(C(O)Cc3ccccc3)CC2)C1Cl. The van der Waals surface area contributed by atoms with E-state index in [1.807, 2.05) is 35.2 Å². The number of hydrazine groups is 1. The number of aliphatic hydroxyl groups excluding tert-OH is 1. The number of carbonyl (C=O) groups is 1. The molecule has 1 aromatic rings. The molecular weight excluding hydrogens is 328 g/mol. The Hall–Kier alpha value is -1.18. The molecule has 2 heterocycles. The number of rotatable bonds is 4. The number of nitrogens with two attached hydrogens (primary N) is 1. The molecular formula is C17H25ClN4O2. The van der Waals surface area contributed by atoms with Gasteiger partial charge >= 0.3 is 0 Å². The second-order valence-electron chi connectivity index (χ2n) is 6.66. The quantitative estimate of drug-likeness (QED) is 0.581. The fourth-order valence-electron chi connectivity index (χ4n) is 3.47. The van der Waals surface area contributed by atoms with Gasteiger partial charge in [-0.1, -0.05) is 30.3 Å². The Balaban J connectivity index is 1.49. The summed E-state index contributed by atoms with van der Waals surface area (Å²) >= 11 is 6.17. The number of piperidine rings is 1. The number of nitrogens with zero attached hydrogens (tertiary/aromatic N) is 1. The minimum Gasteiger partial charge on any atom is -0.392 e. The number of alkyl halides is 1. The van der Waals surface area contributed by atoms with Crippen molar-refractivity contribution in [2.24, 2.45) is 11.7 Å². The summed E-state index contributed by atoms with van der Waals surface area (Å²) in [7, 11) is 0. The lowest BCUT2D eigenvalue weighted by molar-refractivity contribution is -0.135. The third-order valence-corrected chi connectivity index (χ3v) is 5.54. The number of aliphatic hydroxyl groups is 1. The number of carbonyl (C=O) groups excluding carboxylic acids is 1. The van der Waals surface area contributed by atoms with E-state index in [2.05, 4.69) is 10.9 Å². The van der Waals surface area contributed by atoms with Crippen molar-refractivity contribution in [3.63, 3.8) is 0 Å². The van der Waals surface area contributed by atoms with Gasteiger partial charge in [-0.25, -0.2) is 10.9 Å². The van der Waals surface area contributed by atoms with Crippen LogP contribution in [0.4, 0.5) is 0 Å². The minimum atomic E-state index is -0.493. The lowest BCUT2D eigenvalue weighted by Gasteiger charge is -2.35. The minimum absolute atomic E-state index is 0.0218. The summed E-state index contributed by atoms with van der Waals surface area (Å²) in [5, 5.41) is 10.0. The average Bonchev–Trinajstić information content (AvgIpc) is 2.94. The van der Waals surface area contributed by atoms with Crippen molar-refractivity contribution in [3.8, 4) is 0 Å².